The highest BCUT2D eigenvalue weighted by molar-refractivity contribution is 5.60. The SMILES string of the molecule is Cc1ccccc1N=Nc1c(O)cccc1O. The van der Waals surface area contributed by atoms with Crippen molar-refractivity contribution in [1.29, 1.82) is 0 Å². The summed E-state index contributed by atoms with van der Waals surface area (Å²) in [6, 6.07) is 11.9. The summed E-state index contributed by atoms with van der Waals surface area (Å²) in [5, 5.41) is 26.9. The number of phenolic OH excluding ortho intramolecular Hbond substituents is 2. The van der Waals surface area contributed by atoms with Crippen LogP contribution in [-0.2, 0) is 0 Å². The molecule has 4 nitrogen and oxygen atoms in total. The van der Waals surface area contributed by atoms with Crippen molar-refractivity contribution in [2.75, 3.05) is 0 Å². The molecule has 0 amide bonds. The first-order valence-electron chi connectivity index (χ1n) is 5.17. The average molecular weight is 228 g/mol. The predicted molar refractivity (Wildman–Crippen MR) is 65.1 cm³/mol. The first kappa shape index (κ1) is 11.1. The molecule has 0 spiro atoms. The molecular weight excluding hydrogens is 216 g/mol. The van der Waals surface area contributed by atoms with Gasteiger partial charge in [-0.15, -0.1) is 5.11 Å². The summed E-state index contributed by atoms with van der Waals surface area (Å²) < 4.78 is 0. The Hall–Kier alpha value is -2.36. The molecule has 86 valence electrons. The number of hydrogen-bond acceptors (Lipinski definition) is 4. The number of benzene rings is 2. The Kier molecular flexibility index (Phi) is 3.05. The average Bonchev–Trinajstić information content (AvgIpc) is 2.30. The third-order valence-electron chi connectivity index (χ3n) is 2.37. The summed E-state index contributed by atoms with van der Waals surface area (Å²) >= 11 is 0. The minimum absolute atomic E-state index is 0.0794. The Balaban J connectivity index is 2.36. The molecule has 0 aliphatic heterocycles. The van der Waals surface area contributed by atoms with Crippen LogP contribution in [0.15, 0.2) is 52.7 Å². The number of hydrogen-bond donors (Lipinski definition) is 2. The second-order valence-corrected chi connectivity index (χ2v) is 3.63. The third-order valence-corrected chi connectivity index (χ3v) is 2.37. The smallest absolute Gasteiger partial charge is 0.169 e. The molecule has 0 aliphatic carbocycles. The zero-order valence-electron chi connectivity index (χ0n) is 9.33. The van der Waals surface area contributed by atoms with Gasteiger partial charge in [-0.25, -0.2) is 0 Å². The summed E-state index contributed by atoms with van der Waals surface area (Å²) in [5.41, 5.74) is 1.76. The second kappa shape index (κ2) is 4.65. The molecule has 0 atom stereocenters. The van der Waals surface area contributed by atoms with Gasteiger partial charge in [-0.1, -0.05) is 24.3 Å². The molecule has 0 heterocycles. The van der Waals surface area contributed by atoms with E-state index in [1.807, 2.05) is 31.2 Å². The molecule has 2 N–H and O–H groups in total. The Morgan fingerprint density at radius 2 is 1.47 bits per heavy atom. The highest BCUT2D eigenvalue weighted by Crippen LogP contribution is 2.36. The minimum atomic E-state index is -0.0951. The van der Waals surface area contributed by atoms with E-state index in [2.05, 4.69) is 10.2 Å². The van der Waals surface area contributed by atoms with Gasteiger partial charge in [0.25, 0.3) is 0 Å². The van der Waals surface area contributed by atoms with Crippen LogP contribution in [0.2, 0.25) is 0 Å². The van der Waals surface area contributed by atoms with E-state index < -0.39 is 0 Å². The summed E-state index contributed by atoms with van der Waals surface area (Å²) in [4.78, 5) is 0. The molecule has 2 aromatic carbocycles. The number of aryl methyl sites for hydroxylation is 1. The van der Waals surface area contributed by atoms with E-state index in [9.17, 15) is 10.2 Å². The van der Waals surface area contributed by atoms with Gasteiger partial charge in [0.15, 0.2) is 5.69 Å². The van der Waals surface area contributed by atoms with Crippen molar-refractivity contribution in [3.63, 3.8) is 0 Å². The van der Waals surface area contributed by atoms with Crippen LogP contribution in [0.5, 0.6) is 11.5 Å². The van der Waals surface area contributed by atoms with Crippen molar-refractivity contribution < 1.29 is 10.2 Å². The van der Waals surface area contributed by atoms with Gasteiger partial charge in [0, 0.05) is 0 Å². The largest absolute Gasteiger partial charge is 0.505 e. The van der Waals surface area contributed by atoms with Crippen LogP contribution < -0.4 is 0 Å². The van der Waals surface area contributed by atoms with E-state index in [1.165, 1.54) is 18.2 Å². The Labute approximate surface area is 98.9 Å². The van der Waals surface area contributed by atoms with Crippen LogP contribution in [-0.4, -0.2) is 10.2 Å². The molecule has 2 aromatic rings. The predicted octanol–water partition coefficient (Wildman–Crippen LogP) is 3.82. The first-order valence-corrected chi connectivity index (χ1v) is 5.17. The maximum atomic E-state index is 9.52. The van der Waals surface area contributed by atoms with Gasteiger partial charge in [0.05, 0.1) is 5.69 Å². The summed E-state index contributed by atoms with van der Waals surface area (Å²) in [6.45, 7) is 1.92. The lowest BCUT2D eigenvalue weighted by Gasteiger charge is -2.01. The fraction of sp³-hybridized carbons (Fsp3) is 0.0769. The molecule has 0 aromatic heterocycles. The van der Waals surface area contributed by atoms with Crippen molar-refractivity contribution >= 4 is 11.4 Å². The van der Waals surface area contributed by atoms with Crippen LogP contribution in [0.1, 0.15) is 5.56 Å². The molecule has 0 aliphatic rings. The normalized spacial score (nSPS) is 10.9. The van der Waals surface area contributed by atoms with Crippen LogP contribution in [0.4, 0.5) is 11.4 Å². The fourth-order valence-corrected chi connectivity index (χ4v) is 1.40. The van der Waals surface area contributed by atoms with Crippen LogP contribution in [0.3, 0.4) is 0 Å². The van der Waals surface area contributed by atoms with Crippen molar-refractivity contribution in [2.45, 2.75) is 6.92 Å². The molecule has 2 rings (SSSR count). The molecule has 0 bridgehead atoms. The number of azo groups is 1. The molecule has 4 heteroatoms. The topological polar surface area (TPSA) is 65.2 Å². The highest BCUT2D eigenvalue weighted by Gasteiger charge is 2.05. The Bertz CT molecular complexity index is 545. The number of phenols is 2. The lowest BCUT2D eigenvalue weighted by Crippen LogP contribution is -1.72. The van der Waals surface area contributed by atoms with E-state index in [4.69, 9.17) is 0 Å². The van der Waals surface area contributed by atoms with E-state index in [1.54, 1.807) is 0 Å². The molecule has 0 unspecified atom stereocenters. The van der Waals surface area contributed by atoms with E-state index >= 15 is 0 Å². The number of rotatable bonds is 2. The molecule has 0 saturated carbocycles. The van der Waals surface area contributed by atoms with Gasteiger partial charge in [-0.3, -0.25) is 0 Å². The molecular formula is C13H12N2O2. The van der Waals surface area contributed by atoms with Crippen LogP contribution >= 0.6 is 0 Å². The van der Waals surface area contributed by atoms with Gasteiger partial charge >= 0.3 is 0 Å². The van der Waals surface area contributed by atoms with Crippen molar-refractivity contribution in [2.24, 2.45) is 10.2 Å². The van der Waals surface area contributed by atoms with Gasteiger partial charge in [-0.2, -0.15) is 5.11 Å². The molecule has 17 heavy (non-hydrogen) atoms. The van der Waals surface area contributed by atoms with E-state index in [0.717, 1.165) is 5.56 Å². The first-order chi connectivity index (χ1) is 8.18. The zero-order valence-corrected chi connectivity index (χ0v) is 9.33. The maximum Gasteiger partial charge on any atom is 0.169 e. The van der Waals surface area contributed by atoms with Crippen molar-refractivity contribution in [1.82, 2.24) is 0 Å². The van der Waals surface area contributed by atoms with Gasteiger partial charge in [0.2, 0.25) is 0 Å². The van der Waals surface area contributed by atoms with Gasteiger partial charge < -0.3 is 10.2 Å². The molecule has 0 fully saturated rings. The van der Waals surface area contributed by atoms with Crippen molar-refractivity contribution in [3.8, 4) is 11.5 Å². The molecule has 0 radical (unpaired) electrons. The van der Waals surface area contributed by atoms with E-state index in [0.29, 0.717) is 5.69 Å². The lowest BCUT2D eigenvalue weighted by atomic mass is 10.2. The van der Waals surface area contributed by atoms with Crippen LogP contribution in [0, 0.1) is 6.92 Å². The quantitative estimate of drug-likeness (QED) is 0.767. The summed E-state index contributed by atoms with van der Waals surface area (Å²) in [6.07, 6.45) is 0. The standard InChI is InChI=1S/C13H12N2O2/c1-9-5-2-3-6-10(9)14-15-13-11(16)7-4-8-12(13)17/h2-8,16-17H,1H3. The summed E-state index contributed by atoms with van der Waals surface area (Å²) in [5.74, 6) is -0.190. The van der Waals surface area contributed by atoms with E-state index in [-0.39, 0.29) is 17.2 Å². The van der Waals surface area contributed by atoms with Gasteiger partial charge in [0.1, 0.15) is 11.5 Å². The van der Waals surface area contributed by atoms with Gasteiger partial charge in [-0.05, 0) is 30.7 Å². The summed E-state index contributed by atoms with van der Waals surface area (Å²) in [7, 11) is 0. The monoisotopic (exact) mass is 228 g/mol. The number of aromatic hydroxyl groups is 2. The molecule has 0 saturated heterocycles. The number of nitrogens with zero attached hydrogens (tertiary/aromatic N) is 2. The fourth-order valence-electron chi connectivity index (χ4n) is 1.40. The third kappa shape index (κ3) is 2.42. The second-order valence-electron chi connectivity index (χ2n) is 3.63. The Morgan fingerprint density at radius 3 is 2.12 bits per heavy atom. The highest BCUT2D eigenvalue weighted by atomic mass is 16.3. The maximum absolute atomic E-state index is 9.52. The van der Waals surface area contributed by atoms with Crippen molar-refractivity contribution in [3.05, 3.63) is 48.0 Å². The minimum Gasteiger partial charge on any atom is -0.505 e. The zero-order chi connectivity index (χ0) is 12.3. The van der Waals surface area contributed by atoms with Crippen LogP contribution in [0.25, 0.3) is 0 Å². The Morgan fingerprint density at radius 1 is 0.824 bits per heavy atom. The lowest BCUT2D eigenvalue weighted by molar-refractivity contribution is 0.452.